The number of unbranched alkanes of at least 4 members (excludes halogenated alkanes) is 1. The van der Waals surface area contributed by atoms with Crippen LogP contribution in [0, 0.1) is 46.3 Å². The second-order valence-corrected chi connectivity index (χ2v) is 13.7. The molecule has 0 unspecified atom stereocenters. The average molecular weight is 471 g/mol. The Labute approximate surface area is 211 Å². The highest BCUT2D eigenvalue weighted by Gasteiger charge is 2.59. The molecule has 4 aliphatic carbocycles. The second-order valence-electron chi connectivity index (χ2n) is 13.7. The van der Waals surface area contributed by atoms with Gasteiger partial charge in [0.1, 0.15) is 6.10 Å². The third-order valence-electron chi connectivity index (χ3n) is 11.3. The molecule has 194 valence electrons. The van der Waals surface area contributed by atoms with Gasteiger partial charge in [0.2, 0.25) is 0 Å². The van der Waals surface area contributed by atoms with Crippen LogP contribution >= 0.6 is 0 Å². The van der Waals surface area contributed by atoms with E-state index in [1.165, 1.54) is 57.8 Å². The maximum absolute atomic E-state index is 12.2. The summed E-state index contributed by atoms with van der Waals surface area (Å²) in [6.07, 6.45) is 19.9. The van der Waals surface area contributed by atoms with Crippen molar-refractivity contribution in [3.05, 3.63) is 11.6 Å². The van der Waals surface area contributed by atoms with Crippen LogP contribution in [0.15, 0.2) is 11.6 Å². The third-order valence-corrected chi connectivity index (χ3v) is 11.3. The van der Waals surface area contributed by atoms with Gasteiger partial charge in [-0.3, -0.25) is 4.79 Å². The summed E-state index contributed by atoms with van der Waals surface area (Å²) < 4.78 is 5.92. The smallest absolute Gasteiger partial charge is 0.306 e. The minimum absolute atomic E-state index is 0.0256. The van der Waals surface area contributed by atoms with E-state index in [1.807, 2.05) is 0 Å². The number of rotatable bonds is 9. The molecular weight excluding hydrogens is 416 g/mol. The monoisotopic (exact) mass is 470 g/mol. The van der Waals surface area contributed by atoms with Crippen LogP contribution in [0.25, 0.3) is 0 Å². The van der Waals surface area contributed by atoms with Crippen molar-refractivity contribution >= 4 is 5.97 Å². The highest BCUT2D eigenvalue weighted by molar-refractivity contribution is 5.69. The Morgan fingerprint density at radius 1 is 1.03 bits per heavy atom. The zero-order valence-corrected chi connectivity index (χ0v) is 23.3. The SMILES string of the molecule is CCCCC(=O)O[C@@H]1CC[C@@]2(C)C(=CC[C@@H]3[C@H]2CC[C@]2(C)[C@@H]([C@H](C)CCCC(C)C)CC[C@@H]32)C1. The van der Waals surface area contributed by atoms with E-state index in [0.717, 1.165) is 61.2 Å². The summed E-state index contributed by atoms with van der Waals surface area (Å²) in [6.45, 7) is 14.7. The molecule has 0 aliphatic heterocycles. The summed E-state index contributed by atoms with van der Waals surface area (Å²) in [6, 6.07) is 0. The fourth-order valence-corrected chi connectivity index (χ4v) is 9.32. The first kappa shape index (κ1) is 26.3. The van der Waals surface area contributed by atoms with E-state index >= 15 is 0 Å². The zero-order valence-electron chi connectivity index (χ0n) is 23.3. The van der Waals surface area contributed by atoms with Crippen molar-refractivity contribution in [3.63, 3.8) is 0 Å². The quantitative estimate of drug-likeness (QED) is 0.248. The van der Waals surface area contributed by atoms with E-state index in [-0.39, 0.29) is 12.1 Å². The van der Waals surface area contributed by atoms with Gasteiger partial charge in [0.25, 0.3) is 0 Å². The van der Waals surface area contributed by atoms with E-state index in [9.17, 15) is 4.79 Å². The van der Waals surface area contributed by atoms with Crippen molar-refractivity contribution in [2.45, 2.75) is 138 Å². The summed E-state index contributed by atoms with van der Waals surface area (Å²) in [7, 11) is 0. The molecule has 0 radical (unpaired) electrons. The van der Waals surface area contributed by atoms with Gasteiger partial charge in [-0.15, -0.1) is 0 Å². The van der Waals surface area contributed by atoms with Gasteiger partial charge >= 0.3 is 5.97 Å². The number of esters is 1. The van der Waals surface area contributed by atoms with Crippen molar-refractivity contribution < 1.29 is 9.53 Å². The highest BCUT2D eigenvalue weighted by atomic mass is 16.5. The Hall–Kier alpha value is -0.790. The Bertz CT molecular complexity index is 737. The average Bonchev–Trinajstić information content (AvgIpc) is 3.15. The molecular formula is C32H54O2. The van der Waals surface area contributed by atoms with Crippen molar-refractivity contribution in [2.24, 2.45) is 46.3 Å². The summed E-state index contributed by atoms with van der Waals surface area (Å²) >= 11 is 0. The topological polar surface area (TPSA) is 26.3 Å². The third kappa shape index (κ3) is 5.04. The Balaban J connectivity index is 1.41. The first-order valence-electron chi connectivity index (χ1n) is 15.1. The van der Waals surface area contributed by atoms with Gasteiger partial charge in [0.05, 0.1) is 0 Å². The lowest BCUT2D eigenvalue weighted by Gasteiger charge is -2.58. The van der Waals surface area contributed by atoms with Crippen LogP contribution in [0.4, 0.5) is 0 Å². The fourth-order valence-electron chi connectivity index (χ4n) is 9.32. The maximum Gasteiger partial charge on any atom is 0.306 e. The standard InChI is InChI=1S/C32H54O2/c1-7-8-12-30(33)34-25-17-19-31(5)24(21-25)13-14-26-28-16-15-27(23(4)11-9-10-22(2)3)32(28,6)20-18-29(26)31/h13,22-23,25-29H,7-12,14-21H2,1-6H3/t23-,25-,26+,27-,28+,29-,31+,32-/m1/s1. The fraction of sp³-hybridized carbons (Fsp3) is 0.906. The van der Waals surface area contributed by atoms with Gasteiger partial charge in [0.15, 0.2) is 0 Å². The molecule has 0 saturated heterocycles. The predicted octanol–water partition coefficient (Wildman–Crippen LogP) is 9.13. The van der Waals surface area contributed by atoms with Crippen LogP contribution in [0.3, 0.4) is 0 Å². The van der Waals surface area contributed by atoms with Crippen LogP contribution in [0.5, 0.6) is 0 Å². The molecule has 0 aromatic carbocycles. The highest BCUT2D eigenvalue weighted by Crippen LogP contribution is 2.67. The molecule has 0 spiro atoms. The molecule has 4 aliphatic rings. The number of ether oxygens (including phenoxy) is 1. The molecule has 2 heteroatoms. The first-order chi connectivity index (χ1) is 16.2. The van der Waals surface area contributed by atoms with Crippen molar-refractivity contribution in [1.82, 2.24) is 0 Å². The van der Waals surface area contributed by atoms with Gasteiger partial charge in [-0.1, -0.05) is 78.9 Å². The molecule has 0 bridgehead atoms. The lowest BCUT2D eigenvalue weighted by atomic mass is 9.47. The van der Waals surface area contributed by atoms with Gasteiger partial charge in [0, 0.05) is 12.8 Å². The van der Waals surface area contributed by atoms with E-state index in [2.05, 4.69) is 47.6 Å². The van der Waals surface area contributed by atoms with Crippen LogP contribution in [-0.4, -0.2) is 12.1 Å². The maximum atomic E-state index is 12.2. The Morgan fingerprint density at radius 2 is 1.82 bits per heavy atom. The molecule has 3 fully saturated rings. The molecule has 0 aromatic heterocycles. The summed E-state index contributed by atoms with van der Waals surface area (Å²) in [5.41, 5.74) is 2.54. The second kappa shape index (κ2) is 10.7. The van der Waals surface area contributed by atoms with Crippen LogP contribution < -0.4 is 0 Å². The van der Waals surface area contributed by atoms with E-state index in [1.54, 1.807) is 5.57 Å². The number of hydrogen-bond acceptors (Lipinski definition) is 2. The molecule has 0 N–H and O–H groups in total. The van der Waals surface area contributed by atoms with E-state index in [4.69, 9.17) is 4.74 Å². The molecule has 0 amide bonds. The lowest BCUT2D eigenvalue weighted by Crippen LogP contribution is -2.51. The first-order valence-corrected chi connectivity index (χ1v) is 15.1. The predicted molar refractivity (Wildman–Crippen MR) is 142 cm³/mol. The molecule has 0 heterocycles. The van der Waals surface area contributed by atoms with Crippen LogP contribution in [-0.2, 0) is 9.53 Å². The molecule has 3 saturated carbocycles. The zero-order chi connectivity index (χ0) is 24.5. The van der Waals surface area contributed by atoms with E-state index < -0.39 is 0 Å². The van der Waals surface area contributed by atoms with Gasteiger partial charge < -0.3 is 4.74 Å². The minimum Gasteiger partial charge on any atom is -0.462 e. The number of fused-ring (bicyclic) bond motifs is 5. The van der Waals surface area contributed by atoms with Crippen LogP contribution in [0.1, 0.15) is 131 Å². The number of carbonyl (C=O) groups excluding carboxylic acids is 1. The normalized spacial score (nSPS) is 40.2. The number of carbonyl (C=O) groups is 1. The summed E-state index contributed by atoms with van der Waals surface area (Å²) in [4.78, 5) is 12.2. The van der Waals surface area contributed by atoms with Crippen molar-refractivity contribution in [3.8, 4) is 0 Å². The lowest BCUT2D eigenvalue weighted by molar-refractivity contribution is -0.151. The number of allylic oxidation sites excluding steroid dienone is 1. The Kier molecular flexibility index (Phi) is 8.25. The molecule has 4 rings (SSSR count). The number of hydrogen-bond donors (Lipinski definition) is 0. The van der Waals surface area contributed by atoms with Gasteiger partial charge in [-0.05, 0) is 97.7 Å². The molecule has 0 aromatic rings. The summed E-state index contributed by atoms with van der Waals surface area (Å²) in [5.74, 6) is 5.32. The molecule has 8 atom stereocenters. The summed E-state index contributed by atoms with van der Waals surface area (Å²) in [5, 5.41) is 0. The van der Waals surface area contributed by atoms with Crippen LogP contribution in [0.2, 0.25) is 0 Å². The molecule has 34 heavy (non-hydrogen) atoms. The Morgan fingerprint density at radius 3 is 2.56 bits per heavy atom. The van der Waals surface area contributed by atoms with Gasteiger partial charge in [-0.25, -0.2) is 0 Å². The minimum atomic E-state index is 0.0256. The largest absolute Gasteiger partial charge is 0.462 e. The van der Waals surface area contributed by atoms with E-state index in [0.29, 0.717) is 17.3 Å². The van der Waals surface area contributed by atoms with Crippen molar-refractivity contribution in [1.29, 1.82) is 0 Å². The van der Waals surface area contributed by atoms with Gasteiger partial charge in [-0.2, -0.15) is 0 Å². The van der Waals surface area contributed by atoms with Crippen molar-refractivity contribution in [2.75, 3.05) is 0 Å². The molecule has 2 nitrogen and oxygen atoms in total.